The van der Waals surface area contributed by atoms with E-state index in [4.69, 9.17) is 0 Å². The molecule has 0 unspecified atom stereocenters. The highest BCUT2D eigenvalue weighted by atomic mass is 15.4. The average Bonchev–Trinajstić information content (AvgIpc) is 2.94. The number of rotatable bonds is 1. The molecule has 0 spiro atoms. The maximum atomic E-state index is 4.38. The van der Waals surface area contributed by atoms with E-state index in [1.165, 1.54) is 12.8 Å². The largest absolute Gasteiger partial charge is 0.353 e. The highest BCUT2D eigenvalue weighted by Crippen LogP contribution is 2.46. The van der Waals surface area contributed by atoms with Crippen LogP contribution in [0.5, 0.6) is 0 Å². The van der Waals surface area contributed by atoms with Gasteiger partial charge in [0.25, 0.3) is 0 Å². The second kappa shape index (κ2) is 3.13. The van der Waals surface area contributed by atoms with Gasteiger partial charge in [-0.2, -0.15) is 0 Å². The molecule has 1 N–H and O–H groups in total. The Hall–Kier alpha value is -0.730. The highest BCUT2D eigenvalue weighted by Gasteiger charge is 2.54. The SMILES string of the molecule is CN=C(NC1CC1)N1CC(C)(C)C1(C)C. The van der Waals surface area contributed by atoms with Crippen molar-refractivity contribution in [1.29, 1.82) is 0 Å². The molecule has 3 heteroatoms. The van der Waals surface area contributed by atoms with Crippen molar-refractivity contribution in [3.8, 4) is 0 Å². The Balaban J connectivity index is 2.05. The summed E-state index contributed by atoms with van der Waals surface area (Å²) in [4.78, 5) is 6.78. The van der Waals surface area contributed by atoms with Crippen LogP contribution in [-0.2, 0) is 0 Å². The molecule has 0 aromatic carbocycles. The molecule has 3 nitrogen and oxygen atoms in total. The van der Waals surface area contributed by atoms with E-state index < -0.39 is 0 Å². The molecule has 2 fully saturated rings. The lowest BCUT2D eigenvalue weighted by molar-refractivity contribution is -0.0667. The molecule has 0 aromatic rings. The first-order valence-electron chi connectivity index (χ1n) is 5.89. The van der Waals surface area contributed by atoms with Gasteiger partial charge < -0.3 is 10.2 Å². The summed E-state index contributed by atoms with van der Waals surface area (Å²) in [6.07, 6.45) is 2.60. The van der Waals surface area contributed by atoms with Crippen LogP contribution in [0.15, 0.2) is 4.99 Å². The number of guanidine groups is 1. The summed E-state index contributed by atoms with van der Waals surface area (Å²) in [6, 6.07) is 0.684. The second-order valence-corrected chi connectivity index (χ2v) is 5.99. The number of nitrogens with one attached hydrogen (secondary N) is 1. The van der Waals surface area contributed by atoms with Crippen molar-refractivity contribution in [1.82, 2.24) is 10.2 Å². The van der Waals surface area contributed by atoms with Gasteiger partial charge in [-0.3, -0.25) is 4.99 Å². The van der Waals surface area contributed by atoms with Gasteiger partial charge in [0.05, 0.1) is 0 Å². The molecule has 0 amide bonds. The molecule has 1 aliphatic heterocycles. The molecule has 2 rings (SSSR count). The summed E-state index contributed by atoms with van der Waals surface area (Å²) in [7, 11) is 1.88. The normalized spacial score (nSPS) is 28.6. The van der Waals surface area contributed by atoms with Gasteiger partial charge in [0.1, 0.15) is 0 Å². The molecule has 1 saturated heterocycles. The van der Waals surface area contributed by atoms with E-state index in [9.17, 15) is 0 Å². The van der Waals surface area contributed by atoms with Crippen molar-refractivity contribution in [2.45, 2.75) is 52.1 Å². The van der Waals surface area contributed by atoms with E-state index in [2.05, 4.69) is 42.9 Å². The van der Waals surface area contributed by atoms with Crippen LogP contribution in [0.3, 0.4) is 0 Å². The van der Waals surface area contributed by atoms with Crippen LogP contribution in [0.25, 0.3) is 0 Å². The summed E-state index contributed by atoms with van der Waals surface area (Å²) in [5.41, 5.74) is 0.595. The predicted octanol–water partition coefficient (Wildman–Crippen LogP) is 1.84. The fourth-order valence-corrected chi connectivity index (χ4v) is 2.07. The Bertz CT molecular complexity index is 287. The van der Waals surface area contributed by atoms with E-state index in [1.54, 1.807) is 0 Å². The molecule has 1 aliphatic carbocycles. The predicted molar refractivity (Wildman–Crippen MR) is 64.1 cm³/mol. The van der Waals surface area contributed by atoms with E-state index in [1.807, 2.05) is 7.05 Å². The van der Waals surface area contributed by atoms with Crippen molar-refractivity contribution in [2.24, 2.45) is 10.4 Å². The number of likely N-dealkylation sites (tertiary alicyclic amines) is 1. The van der Waals surface area contributed by atoms with E-state index in [0.29, 0.717) is 11.5 Å². The maximum Gasteiger partial charge on any atom is 0.194 e. The molecule has 0 atom stereocenters. The molecule has 15 heavy (non-hydrogen) atoms. The summed E-state index contributed by atoms with van der Waals surface area (Å²) in [5.74, 6) is 1.09. The van der Waals surface area contributed by atoms with Gasteiger partial charge >= 0.3 is 0 Å². The number of hydrogen-bond donors (Lipinski definition) is 1. The molecular weight excluding hydrogens is 186 g/mol. The number of nitrogens with zero attached hydrogens (tertiary/aromatic N) is 2. The van der Waals surface area contributed by atoms with Crippen LogP contribution >= 0.6 is 0 Å². The van der Waals surface area contributed by atoms with Gasteiger partial charge in [-0.05, 0) is 26.7 Å². The first-order valence-corrected chi connectivity index (χ1v) is 5.89. The summed E-state index contributed by atoms with van der Waals surface area (Å²) >= 11 is 0. The minimum atomic E-state index is 0.212. The Kier molecular flexibility index (Phi) is 2.25. The molecule has 0 radical (unpaired) electrons. The first-order chi connectivity index (χ1) is 6.88. The van der Waals surface area contributed by atoms with Gasteiger partial charge in [-0.1, -0.05) is 13.8 Å². The molecule has 1 heterocycles. The lowest BCUT2D eigenvalue weighted by Crippen LogP contribution is -2.72. The topological polar surface area (TPSA) is 27.6 Å². The van der Waals surface area contributed by atoms with Crippen LogP contribution < -0.4 is 5.32 Å². The van der Waals surface area contributed by atoms with Gasteiger partial charge in [0.15, 0.2) is 5.96 Å². The Morgan fingerprint density at radius 1 is 1.27 bits per heavy atom. The van der Waals surface area contributed by atoms with Crippen molar-refractivity contribution in [2.75, 3.05) is 13.6 Å². The van der Waals surface area contributed by atoms with Gasteiger partial charge in [-0.25, -0.2) is 0 Å². The molecule has 2 aliphatic rings. The molecule has 0 aromatic heterocycles. The Labute approximate surface area is 92.9 Å². The Morgan fingerprint density at radius 3 is 2.20 bits per heavy atom. The van der Waals surface area contributed by atoms with Gasteiger partial charge in [0.2, 0.25) is 0 Å². The van der Waals surface area contributed by atoms with Crippen LogP contribution in [-0.4, -0.2) is 36.0 Å². The maximum absolute atomic E-state index is 4.38. The summed E-state index contributed by atoms with van der Waals surface area (Å²) in [6.45, 7) is 10.4. The quantitative estimate of drug-likeness (QED) is 0.527. The number of hydrogen-bond acceptors (Lipinski definition) is 1. The van der Waals surface area contributed by atoms with Gasteiger partial charge in [-0.15, -0.1) is 0 Å². The second-order valence-electron chi connectivity index (χ2n) is 5.99. The molecule has 86 valence electrons. The van der Waals surface area contributed by atoms with Crippen LogP contribution in [0.1, 0.15) is 40.5 Å². The molecule has 0 bridgehead atoms. The third kappa shape index (κ3) is 1.62. The van der Waals surface area contributed by atoms with Crippen LogP contribution in [0, 0.1) is 5.41 Å². The lowest BCUT2D eigenvalue weighted by atomic mass is 9.65. The van der Waals surface area contributed by atoms with Crippen molar-refractivity contribution in [3.63, 3.8) is 0 Å². The Morgan fingerprint density at radius 2 is 1.87 bits per heavy atom. The average molecular weight is 209 g/mol. The van der Waals surface area contributed by atoms with E-state index >= 15 is 0 Å². The smallest absolute Gasteiger partial charge is 0.194 e. The third-order valence-electron chi connectivity index (χ3n) is 4.26. The van der Waals surface area contributed by atoms with Crippen molar-refractivity contribution >= 4 is 5.96 Å². The fourth-order valence-electron chi connectivity index (χ4n) is 2.07. The van der Waals surface area contributed by atoms with Crippen LogP contribution in [0.2, 0.25) is 0 Å². The minimum absolute atomic E-state index is 0.212. The lowest BCUT2D eigenvalue weighted by Gasteiger charge is -2.62. The zero-order chi connectivity index (χ0) is 11.3. The first kappa shape index (κ1) is 10.8. The highest BCUT2D eigenvalue weighted by molar-refractivity contribution is 5.82. The third-order valence-corrected chi connectivity index (χ3v) is 4.26. The van der Waals surface area contributed by atoms with Crippen LogP contribution in [0.4, 0.5) is 0 Å². The zero-order valence-electron chi connectivity index (χ0n) is 10.6. The van der Waals surface area contributed by atoms with E-state index in [0.717, 1.165) is 12.5 Å². The number of aliphatic imine (C=N–C) groups is 1. The summed E-state index contributed by atoms with van der Waals surface area (Å²) < 4.78 is 0. The van der Waals surface area contributed by atoms with Crippen molar-refractivity contribution < 1.29 is 0 Å². The molecular formula is C12H23N3. The minimum Gasteiger partial charge on any atom is -0.353 e. The molecule has 1 saturated carbocycles. The van der Waals surface area contributed by atoms with E-state index in [-0.39, 0.29) is 5.54 Å². The van der Waals surface area contributed by atoms with Crippen molar-refractivity contribution in [3.05, 3.63) is 0 Å². The zero-order valence-corrected chi connectivity index (χ0v) is 10.6. The fraction of sp³-hybridized carbons (Fsp3) is 0.917. The monoisotopic (exact) mass is 209 g/mol. The van der Waals surface area contributed by atoms with Gasteiger partial charge in [0, 0.05) is 30.6 Å². The summed E-state index contributed by atoms with van der Waals surface area (Å²) in [5, 5.41) is 3.51. The standard InChI is InChI=1S/C12H23N3/c1-11(2)8-15(12(11,3)4)10(13-5)14-9-6-7-9/h9H,6-8H2,1-5H3,(H,13,14).